The number of fused-ring (bicyclic) bond motifs is 1. The smallest absolute Gasteiger partial charge is 0.368 e. The molecule has 2 aromatic carbocycles. The highest BCUT2D eigenvalue weighted by atomic mass is 32.2. The summed E-state index contributed by atoms with van der Waals surface area (Å²) in [6, 6.07) is 15.1. The van der Waals surface area contributed by atoms with Gasteiger partial charge in [0.15, 0.2) is 0 Å². The van der Waals surface area contributed by atoms with Crippen LogP contribution in [0, 0.1) is 0 Å². The van der Waals surface area contributed by atoms with Crippen LogP contribution >= 0.6 is 0 Å². The second-order valence-corrected chi connectivity index (χ2v) is 12.0. The summed E-state index contributed by atoms with van der Waals surface area (Å²) >= 11 is 0. The monoisotopic (exact) mass is 618 g/mol. The lowest BCUT2D eigenvalue weighted by Gasteiger charge is -2.29. The second-order valence-electron chi connectivity index (χ2n) is 11.2. The van der Waals surface area contributed by atoms with Crippen molar-refractivity contribution < 1.29 is 27.6 Å². The Labute approximate surface area is 261 Å². The molecule has 0 aliphatic carbocycles. The Hall–Kier alpha value is -4.02. The number of carbonyl (C=O) groups excluding carboxylic acids is 2. The van der Waals surface area contributed by atoms with E-state index in [1.807, 2.05) is 19.1 Å². The molecular formula is C34H40N3O6S-. The van der Waals surface area contributed by atoms with Crippen molar-refractivity contribution in [1.29, 1.82) is 0 Å². The predicted molar refractivity (Wildman–Crippen MR) is 173 cm³/mol. The number of nitrogens with zero attached hydrogens (tertiary/aromatic N) is 3. The Morgan fingerprint density at radius 3 is 2.52 bits per heavy atom. The third-order valence-electron chi connectivity index (χ3n) is 7.58. The van der Waals surface area contributed by atoms with E-state index in [-0.39, 0.29) is 11.3 Å². The Morgan fingerprint density at radius 2 is 1.80 bits per heavy atom. The maximum atomic E-state index is 13.4. The summed E-state index contributed by atoms with van der Waals surface area (Å²) in [6.07, 6.45) is 6.99. The number of allylic oxidation sites excluding steroid dienone is 3. The van der Waals surface area contributed by atoms with E-state index in [1.165, 1.54) is 7.11 Å². The number of unbranched alkanes of at least 4 members (excludes halogenated alkanes) is 2. The molecule has 0 unspecified atom stereocenters. The number of para-hydroxylation sites is 1. The molecular weight excluding hydrogens is 578 g/mol. The van der Waals surface area contributed by atoms with Crippen molar-refractivity contribution >= 4 is 39.9 Å². The van der Waals surface area contributed by atoms with Crippen LogP contribution in [0.5, 0.6) is 0 Å². The summed E-state index contributed by atoms with van der Waals surface area (Å²) in [7, 11) is -0.542. The number of ether oxygens (including phenoxy) is 1. The fourth-order valence-corrected chi connectivity index (χ4v) is 6.06. The Bertz CT molecular complexity index is 1630. The maximum absolute atomic E-state index is 13.4. The molecule has 0 atom stereocenters. The largest absolute Gasteiger partial charge is 0.465 e. The summed E-state index contributed by atoms with van der Waals surface area (Å²) in [5.41, 5.74) is 4.82. The second kappa shape index (κ2) is 14.6. The SMILES string of the molecule is CCCCO[S-](=O)=Nc1ccccc1C1=NOC(=O)\C1=C/C(C)=C/C(C(=O)OC)=C1/N(CCCC)c2ccccc2C1(C)C. The zero-order valence-electron chi connectivity index (χ0n) is 26.2. The zero-order chi connectivity index (χ0) is 31.9. The van der Waals surface area contributed by atoms with E-state index in [0.29, 0.717) is 29.0 Å². The summed E-state index contributed by atoms with van der Waals surface area (Å²) in [5, 5.41) is 4.03. The van der Waals surface area contributed by atoms with Gasteiger partial charge in [-0.15, -0.1) is 0 Å². The molecule has 0 spiro atoms. The Morgan fingerprint density at radius 1 is 1.09 bits per heavy atom. The van der Waals surface area contributed by atoms with Crippen molar-refractivity contribution in [3.63, 3.8) is 0 Å². The van der Waals surface area contributed by atoms with Gasteiger partial charge in [-0.2, -0.15) is 0 Å². The van der Waals surface area contributed by atoms with Crippen LogP contribution < -0.4 is 4.90 Å². The molecule has 0 aromatic heterocycles. The van der Waals surface area contributed by atoms with Crippen LogP contribution in [0.4, 0.5) is 11.4 Å². The van der Waals surface area contributed by atoms with Gasteiger partial charge in [0.2, 0.25) is 0 Å². The Kier molecular flexibility index (Phi) is 10.9. The first-order valence-electron chi connectivity index (χ1n) is 14.9. The van der Waals surface area contributed by atoms with Crippen molar-refractivity contribution in [2.24, 2.45) is 9.52 Å². The number of rotatable bonds is 12. The van der Waals surface area contributed by atoms with Crippen molar-refractivity contribution in [1.82, 2.24) is 0 Å². The standard InChI is InChI=1S/C34H40N3O6S/c1-7-9-19-37-29-18-14-12-16-27(29)34(4,5)31(37)26(32(38)41-6)22-23(3)21-25-30(35-43-33(25)39)24-15-11-13-17-28(24)36-44(40)42-20-10-8-2/h11-18,21-22H,7-10,19-20H2,1-6H3/q-1/b23-22+,25-21-,31-26-. The molecule has 2 aromatic rings. The molecule has 0 saturated heterocycles. The number of benzene rings is 2. The number of methoxy groups -OCH3 is 1. The number of carbonyl (C=O) groups is 2. The van der Waals surface area contributed by atoms with E-state index in [2.05, 4.69) is 47.3 Å². The molecule has 2 heterocycles. The van der Waals surface area contributed by atoms with Gasteiger partial charge in [0.1, 0.15) is 5.71 Å². The lowest BCUT2D eigenvalue weighted by molar-refractivity contribution is -0.137. The van der Waals surface area contributed by atoms with Crippen molar-refractivity contribution in [2.75, 3.05) is 25.2 Å². The number of oxime groups is 1. The van der Waals surface area contributed by atoms with Crippen LogP contribution in [0.1, 0.15) is 71.4 Å². The molecule has 44 heavy (non-hydrogen) atoms. The minimum Gasteiger partial charge on any atom is -0.465 e. The molecule has 9 nitrogen and oxygen atoms in total. The molecule has 0 N–H and O–H groups in total. The van der Waals surface area contributed by atoms with Gasteiger partial charge >= 0.3 is 11.9 Å². The molecule has 0 saturated carbocycles. The minimum absolute atomic E-state index is 0.185. The van der Waals surface area contributed by atoms with E-state index in [0.717, 1.165) is 49.2 Å². The lowest BCUT2D eigenvalue weighted by atomic mass is 9.81. The average Bonchev–Trinajstić information content (AvgIpc) is 3.47. The fraction of sp³-hybridized carbons (Fsp3) is 0.382. The van der Waals surface area contributed by atoms with Crippen molar-refractivity contribution in [3.05, 3.63) is 94.2 Å². The third-order valence-corrected chi connectivity index (χ3v) is 8.29. The van der Waals surface area contributed by atoms with E-state index in [1.54, 1.807) is 43.3 Å². The average molecular weight is 619 g/mol. The predicted octanol–water partition coefficient (Wildman–Crippen LogP) is 7.36. The van der Waals surface area contributed by atoms with Crippen LogP contribution in [0.3, 0.4) is 0 Å². The van der Waals surface area contributed by atoms with Gasteiger partial charge in [-0.25, -0.2) is 9.59 Å². The van der Waals surface area contributed by atoms with Gasteiger partial charge in [0.25, 0.3) is 0 Å². The molecule has 0 radical (unpaired) electrons. The Balaban J connectivity index is 1.79. The first-order valence-corrected chi connectivity index (χ1v) is 15.9. The van der Waals surface area contributed by atoms with E-state index < -0.39 is 28.2 Å². The molecule has 0 bridgehead atoms. The van der Waals surface area contributed by atoms with Crippen LogP contribution in [0.2, 0.25) is 0 Å². The van der Waals surface area contributed by atoms with E-state index >= 15 is 0 Å². The van der Waals surface area contributed by atoms with Gasteiger partial charge < -0.3 is 27.2 Å². The highest BCUT2D eigenvalue weighted by Crippen LogP contribution is 2.49. The zero-order valence-corrected chi connectivity index (χ0v) is 27.0. The molecule has 0 fully saturated rings. The minimum atomic E-state index is -1.91. The number of hydrogen-bond acceptors (Lipinski definition) is 10. The van der Waals surface area contributed by atoms with E-state index in [9.17, 15) is 13.8 Å². The molecule has 10 heteroatoms. The van der Waals surface area contributed by atoms with Gasteiger partial charge in [-0.3, -0.25) is 0 Å². The molecule has 234 valence electrons. The summed E-state index contributed by atoms with van der Waals surface area (Å²) in [4.78, 5) is 33.6. The van der Waals surface area contributed by atoms with Crippen LogP contribution in [0.25, 0.3) is 0 Å². The topological polar surface area (TPSA) is 107 Å². The number of esters is 1. The third kappa shape index (κ3) is 7.03. The summed E-state index contributed by atoms with van der Waals surface area (Å²) in [6.45, 7) is 11.2. The molecule has 4 rings (SSSR count). The normalized spacial score (nSPS) is 18.7. The summed E-state index contributed by atoms with van der Waals surface area (Å²) < 4.78 is 27.2. The van der Waals surface area contributed by atoms with Crippen molar-refractivity contribution in [3.8, 4) is 0 Å². The highest BCUT2D eigenvalue weighted by Gasteiger charge is 2.42. The van der Waals surface area contributed by atoms with Crippen LogP contribution in [-0.4, -0.2) is 37.9 Å². The van der Waals surface area contributed by atoms with E-state index in [4.69, 9.17) is 13.8 Å². The van der Waals surface area contributed by atoms with Gasteiger partial charge in [0, 0.05) is 41.2 Å². The molecule has 0 amide bonds. The quantitative estimate of drug-likeness (QED) is 0.0804. The van der Waals surface area contributed by atoms with Crippen LogP contribution in [0.15, 0.2) is 92.6 Å². The number of hydrogen-bond donors (Lipinski definition) is 0. The number of anilines is 1. The van der Waals surface area contributed by atoms with Crippen molar-refractivity contribution in [2.45, 2.75) is 65.7 Å². The highest BCUT2D eigenvalue weighted by molar-refractivity contribution is 7.69. The van der Waals surface area contributed by atoms with Crippen LogP contribution in [-0.2, 0) is 43.8 Å². The molecule has 2 aliphatic rings. The molecule has 2 aliphatic heterocycles. The fourth-order valence-electron chi connectivity index (χ4n) is 5.42. The first kappa shape index (κ1) is 32.9. The maximum Gasteiger partial charge on any atom is 0.368 e. The van der Waals surface area contributed by atoms with Gasteiger partial charge in [0.05, 0.1) is 18.3 Å². The van der Waals surface area contributed by atoms with Gasteiger partial charge in [-0.1, -0.05) is 93.0 Å². The first-order chi connectivity index (χ1) is 21.1. The lowest BCUT2D eigenvalue weighted by Crippen LogP contribution is -2.30. The summed E-state index contributed by atoms with van der Waals surface area (Å²) in [5.74, 6) is -1.12. The van der Waals surface area contributed by atoms with Gasteiger partial charge in [-0.05, 0) is 55.2 Å².